The molecular formula is C6H12O5PS+. The summed E-state index contributed by atoms with van der Waals surface area (Å²) in [5.41, 5.74) is 0.0486. The van der Waals surface area contributed by atoms with Gasteiger partial charge in [-0.25, -0.2) is 4.79 Å². The molecule has 0 aliphatic heterocycles. The molecule has 13 heavy (non-hydrogen) atoms. The van der Waals surface area contributed by atoms with E-state index < -0.39 is 13.1 Å². The van der Waals surface area contributed by atoms with Crippen LogP contribution in [0.1, 0.15) is 6.92 Å². The highest BCUT2D eigenvalue weighted by atomic mass is 32.7. The molecule has 0 aromatic rings. The number of hydrogen-bond donors (Lipinski definition) is 2. The summed E-state index contributed by atoms with van der Waals surface area (Å²) in [6, 6.07) is 0. The van der Waals surface area contributed by atoms with Crippen LogP contribution in [0.3, 0.4) is 0 Å². The van der Waals surface area contributed by atoms with Gasteiger partial charge in [0, 0.05) is 0 Å². The second-order valence-corrected chi connectivity index (χ2v) is 5.39. The first-order valence-corrected chi connectivity index (χ1v) is 5.96. The van der Waals surface area contributed by atoms with Gasteiger partial charge in [-0.2, -0.15) is 9.05 Å². The Morgan fingerprint density at radius 1 is 1.46 bits per heavy atom. The van der Waals surface area contributed by atoms with Crippen LogP contribution in [0.4, 0.5) is 0 Å². The van der Waals surface area contributed by atoms with E-state index in [-0.39, 0.29) is 5.57 Å². The zero-order chi connectivity index (χ0) is 10.5. The third-order valence-corrected chi connectivity index (χ3v) is 3.72. The lowest BCUT2D eigenvalue weighted by Gasteiger charge is -2.09. The number of aliphatic carboxylic acids is 1. The van der Waals surface area contributed by atoms with E-state index >= 15 is 0 Å². The van der Waals surface area contributed by atoms with Crippen molar-refractivity contribution in [1.29, 1.82) is 0 Å². The molecule has 0 radical (unpaired) electrons. The molecule has 1 N–H and O–H groups in total. The Bertz CT molecular complexity index is 213. The molecule has 0 amide bonds. The molecule has 0 heterocycles. The second kappa shape index (κ2) is 5.44. The predicted octanol–water partition coefficient (Wildman–Crippen LogP) is 1.89. The van der Waals surface area contributed by atoms with Crippen LogP contribution in [0.25, 0.3) is 0 Å². The highest BCUT2D eigenvalue weighted by Gasteiger charge is 2.39. The number of carboxylic acid groups (broad SMARTS) is 1. The van der Waals surface area contributed by atoms with Crippen molar-refractivity contribution in [1.82, 2.24) is 0 Å². The van der Waals surface area contributed by atoms with E-state index in [2.05, 4.69) is 12.2 Å². The third-order valence-electron chi connectivity index (χ3n) is 1.16. The molecule has 76 valence electrons. The van der Waals surface area contributed by atoms with Crippen LogP contribution in [0.2, 0.25) is 0 Å². The average Bonchev–Trinajstić information content (AvgIpc) is 2.13. The van der Waals surface area contributed by atoms with Crippen LogP contribution in [-0.2, 0) is 18.4 Å². The lowest BCUT2D eigenvalue weighted by Crippen LogP contribution is -1.98. The molecule has 0 saturated carbocycles. The number of rotatable bonds is 5. The van der Waals surface area contributed by atoms with Gasteiger partial charge in [-0.1, -0.05) is 0 Å². The van der Waals surface area contributed by atoms with Gasteiger partial charge in [-0.05, 0) is 6.92 Å². The van der Waals surface area contributed by atoms with E-state index in [1.165, 1.54) is 21.1 Å². The Labute approximate surface area is 82.4 Å². The lowest BCUT2D eigenvalue weighted by molar-refractivity contribution is -0.132. The van der Waals surface area contributed by atoms with E-state index in [1.54, 1.807) is 0 Å². The number of thiol groups is 1. The van der Waals surface area contributed by atoms with E-state index in [0.717, 1.165) is 6.26 Å². The summed E-state index contributed by atoms with van der Waals surface area (Å²) in [7, 11) is 0.0685. The molecule has 0 saturated heterocycles. The highest BCUT2D eigenvalue weighted by Crippen LogP contribution is 2.65. The maximum absolute atomic E-state index is 10.4. The molecule has 0 bridgehead atoms. The van der Waals surface area contributed by atoms with Gasteiger partial charge < -0.3 is 5.11 Å². The minimum Gasteiger partial charge on any atom is -0.478 e. The number of carbonyl (C=O) groups is 1. The fourth-order valence-corrected chi connectivity index (χ4v) is 1.11. The maximum Gasteiger partial charge on any atom is 0.520 e. The van der Waals surface area contributed by atoms with Gasteiger partial charge in [0.2, 0.25) is 0 Å². The Balaban J connectivity index is 4.28. The van der Waals surface area contributed by atoms with Crippen molar-refractivity contribution in [2.24, 2.45) is 0 Å². The van der Waals surface area contributed by atoms with Crippen molar-refractivity contribution in [3.05, 3.63) is 11.8 Å². The van der Waals surface area contributed by atoms with Gasteiger partial charge in [0.05, 0.1) is 19.8 Å². The van der Waals surface area contributed by atoms with Crippen LogP contribution in [0.15, 0.2) is 11.8 Å². The molecule has 7 heteroatoms. The quantitative estimate of drug-likeness (QED) is 0.325. The summed E-state index contributed by atoms with van der Waals surface area (Å²) in [5.74, 6) is -1.06. The van der Waals surface area contributed by atoms with Gasteiger partial charge in [0.1, 0.15) is 12.2 Å². The topological polar surface area (TPSA) is 65.0 Å². The largest absolute Gasteiger partial charge is 0.520 e. The minimum absolute atomic E-state index is 0.0486. The summed E-state index contributed by atoms with van der Waals surface area (Å²) in [6.07, 6.45) is 1.05. The zero-order valence-electron chi connectivity index (χ0n) is 7.55. The molecule has 0 unspecified atom stereocenters. The SMILES string of the molecule is CO[P+](S)(OC)O/C=C(\C)C(=O)O. The Morgan fingerprint density at radius 3 is 2.23 bits per heavy atom. The molecule has 5 nitrogen and oxygen atoms in total. The van der Waals surface area contributed by atoms with Crippen molar-refractivity contribution < 1.29 is 23.5 Å². The molecule has 0 aliphatic carbocycles. The monoisotopic (exact) mass is 227 g/mol. The van der Waals surface area contributed by atoms with Gasteiger partial charge in [0.25, 0.3) is 0 Å². The lowest BCUT2D eigenvalue weighted by atomic mass is 10.4. The fourth-order valence-electron chi connectivity index (χ4n) is 0.357. The summed E-state index contributed by atoms with van der Waals surface area (Å²) in [5, 5.41) is 8.48. The van der Waals surface area contributed by atoms with Gasteiger partial charge in [0.15, 0.2) is 6.26 Å². The van der Waals surface area contributed by atoms with Crippen LogP contribution < -0.4 is 0 Å². The van der Waals surface area contributed by atoms with E-state index in [1.807, 2.05) is 0 Å². The molecule has 0 aromatic heterocycles. The number of hydrogen-bond acceptors (Lipinski definition) is 5. The minimum atomic E-state index is -2.67. The average molecular weight is 227 g/mol. The Hall–Kier alpha value is -0.290. The van der Waals surface area contributed by atoms with Crippen molar-refractivity contribution in [3.8, 4) is 0 Å². The summed E-state index contributed by atoms with van der Waals surface area (Å²) in [6.45, 7) is 1.39. The van der Waals surface area contributed by atoms with E-state index in [9.17, 15) is 4.79 Å². The third kappa shape index (κ3) is 4.47. The molecule has 0 spiro atoms. The van der Waals surface area contributed by atoms with E-state index in [4.69, 9.17) is 18.7 Å². The van der Waals surface area contributed by atoms with Crippen LogP contribution >= 0.6 is 19.4 Å². The maximum atomic E-state index is 10.4. The van der Waals surface area contributed by atoms with Crippen LogP contribution in [-0.4, -0.2) is 25.3 Å². The highest BCUT2D eigenvalue weighted by molar-refractivity contribution is 8.47. The second-order valence-electron chi connectivity index (χ2n) is 2.05. The van der Waals surface area contributed by atoms with Crippen molar-refractivity contribution in [2.45, 2.75) is 6.92 Å². The smallest absolute Gasteiger partial charge is 0.478 e. The summed E-state index contributed by atoms with van der Waals surface area (Å²) >= 11 is 3.97. The predicted molar refractivity (Wildman–Crippen MR) is 52.4 cm³/mol. The first-order valence-electron chi connectivity index (χ1n) is 3.27. The molecule has 0 rings (SSSR count). The van der Waals surface area contributed by atoms with Gasteiger partial charge in [-0.3, -0.25) is 4.52 Å². The van der Waals surface area contributed by atoms with Gasteiger partial charge >= 0.3 is 13.1 Å². The molecule has 0 atom stereocenters. The van der Waals surface area contributed by atoms with Crippen LogP contribution in [0.5, 0.6) is 0 Å². The van der Waals surface area contributed by atoms with Crippen LogP contribution in [0, 0.1) is 0 Å². The van der Waals surface area contributed by atoms with Gasteiger partial charge in [-0.15, -0.1) is 0 Å². The standard InChI is InChI=1S/C6H11O5PS/c1-5(6(7)8)4-11-12(13,9-2)10-3/h4,13H,1-3H3/p+1/b5-4+. The Kier molecular flexibility index (Phi) is 5.32. The van der Waals surface area contributed by atoms with Crippen molar-refractivity contribution in [3.63, 3.8) is 0 Å². The zero-order valence-corrected chi connectivity index (χ0v) is 9.34. The van der Waals surface area contributed by atoms with Crippen molar-refractivity contribution in [2.75, 3.05) is 14.2 Å². The first-order chi connectivity index (χ1) is 5.95. The first kappa shape index (κ1) is 12.7. The van der Waals surface area contributed by atoms with Crippen molar-refractivity contribution >= 4 is 25.4 Å². The fraction of sp³-hybridized carbons (Fsp3) is 0.500. The molecule has 0 aromatic carbocycles. The normalized spacial score (nSPS) is 12.8. The summed E-state index contributed by atoms with van der Waals surface area (Å²) < 4.78 is 14.6. The molecule has 0 aliphatic rings. The summed E-state index contributed by atoms with van der Waals surface area (Å²) in [4.78, 5) is 10.4. The number of carboxylic acids is 1. The van der Waals surface area contributed by atoms with E-state index in [0.29, 0.717) is 0 Å². The molecule has 0 fully saturated rings. The Morgan fingerprint density at radius 2 is 1.92 bits per heavy atom. The molecular weight excluding hydrogens is 215 g/mol.